The molecule has 2 heterocycles. The Hall–Kier alpha value is -1.65. The maximum Gasteiger partial charge on any atom is 0.133 e. The lowest BCUT2D eigenvalue weighted by molar-refractivity contribution is 0.144. The second-order valence-electron chi connectivity index (χ2n) is 3.94. The average molecular weight is 232 g/mol. The van der Waals surface area contributed by atoms with Crippen molar-refractivity contribution in [2.24, 2.45) is 0 Å². The molecule has 2 N–H and O–H groups in total. The Kier molecular flexibility index (Phi) is 3.90. The van der Waals surface area contributed by atoms with Crippen LogP contribution in [0.2, 0.25) is 0 Å². The fourth-order valence-electron chi connectivity index (χ4n) is 1.64. The predicted molar refractivity (Wildman–Crippen MR) is 64.3 cm³/mol. The molecule has 2 atom stereocenters. The maximum atomic E-state index is 9.84. The number of hydrogen-bond donors (Lipinski definition) is 2. The molecule has 0 fully saturated rings. The molecule has 0 saturated carbocycles. The molecule has 0 aliphatic carbocycles. The third-order valence-electron chi connectivity index (χ3n) is 2.70. The lowest BCUT2D eigenvalue weighted by Crippen LogP contribution is -2.24. The molecule has 17 heavy (non-hydrogen) atoms. The molecule has 0 bridgehead atoms. The minimum absolute atomic E-state index is 0.169. The molecule has 2 rings (SSSR count). The van der Waals surface area contributed by atoms with Crippen LogP contribution in [-0.4, -0.2) is 16.6 Å². The number of nitrogens with zero attached hydrogens (tertiary/aromatic N) is 1. The molecule has 90 valence electrons. The van der Waals surface area contributed by atoms with Gasteiger partial charge < -0.3 is 14.8 Å². The smallest absolute Gasteiger partial charge is 0.133 e. The highest BCUT2D eigenvalue weighted by atomic mass is 16.4. The molecule has 2 aromatic rings. The number of aliphatic hydroxyl groups is 1. The second-order valence-corrected chi connectivity index (χ2v) is 3.94. The summed E-state index contributed by atoms with van der Waals surface area (Å²) in [5.74, 6) is 0.583. The van der Waals surface area contributed by atoms with Crippen LogP contribution >= 0.6 is 0 Å². The monoisotopic (exact) mass is 232 g/mol. The lowest BCUT2D eigenvalue weighted by atomic mass is 10.1. The summed E-state index contributed by atoms with van der Waals surface area (Å²) in [6.07, 6.45) is 4.46. The SMILES string of the molecule is C[C@H](NCC(O)c1ccco1)c1ccncc1. The summed E-state index contributed by atoms with van der Waals surface area (Å²) < 4.78 is 5.13. The molecule has 4 nitrogen and oxygen atoms in total. The molecule has 0 spiro atoms. The molecular formula is C13H16N2O2. The van der Waals surface area contributed by atoms with E-state index in [4.69, 9.17) is 4.42 Å². The molecule has 0 saturated heterocycles. The Bertz CT molecular complexity index is 428. The minimum Gasteiger partial charge on any atom is -0.467 e. The van der Waals surface area contributed by atoms with Crippen LogP contribution in [0.25, 0.3) is 0 Å². The summed E-state index contributed by atoms with van der Waals surface area (Å²) in [7, 11) is 0. The van der Waals surface area contributed by atoms with Gasteiger partial charge in [-0.05, 0) is 36.8 Å². The van der Waals surface area contributed by atoms with E-state index in [1.165, 1.54) is 0 Å². The Morgan fingerprint density at radius 2 is 2.12 bits per heavy atom. The van der Waals surface area contributed by atoms with Crippen LogP contribution in [0.1, 0.15) is 30.4 Å². The van der Waals surface area contributed by atoms with E-state index >= 15 is 0 Å². The number of aliphatic hydroxyl groups excluding tert-OH is 1. The summed E-state index contributed by atoms with van der Waals surface area (Å²) in [6, 6.07) is 7.62. The third-order valence-corrected chi connectivity index (χ3v) is 2.70. The highest BCUT2D eigenvalue weighted by Gasteiger charge is 2.12. The van der Waals surface area contributed by atoms with E-state index in [1.807, 2.05) is 19.1 Å². The first-order valence-electron chi connectivity index (χ1n) is 5.62. The van der Waals surface area contributed by atoms with Crippen LogP contribution in [0.4, 0.5) is 0 Å². The van der Waals surface area contributed by atoms with Crippen LogP contribution in [-0.2, 0) is 0 Å². The van der Waals surface area contributed by atoms with Gasteiger partial charge in [0.2, 0.25) is 0 Å². The third kappa shape index (κ3) is 3.15. The summed E-state index contributed by atoms with van der Waals surface area (Å²) in [6.45, 7) is 2.50. The molecule has 2 aromatic heterocycles. The number of rotatable bonds is 5. The second kappa shape index (κ2) is 5.61. The van der Waals surface area contributed by atoms with Crippen molar-refractivity contribution in [2.75, 3.05) is 6.54 Å². The Labute approximate surface area is 100 Å². The molecule has 1 unspecified atom stereocenters. The molecule has 0 aliphatic rings. The van der Waals surface area contributed by atoms with Crippen molar-refractivity contribution in [3.8, 4) is 0 Å². The van der Waals surface area contributed by atoms with Crippen molar-refractivity contribution >= 4 is 0 Å². The molecule has 0 amide bonds. The van der Waals surface area contributed by atoms with Crippen molar-refractivity contribution in [3.63, 3.8) is 0 Å². The van der Waals surface area contributed by atoms with Crippen LogP contribution in [0.15, 0.2) is 47.3 Å². The van der Waals surface area contributed by atoms with Crippen molar-refractivity contribution < 1.29 is 9.52 Å². The van der Waals surface area contributed by atoms with Crippen molar-refractivity contribution in [3.05, 3.63) is 54.2 Å². The highest BCUT2D eigenvalue weighted by Crippen LogP contribution is 2.15. The zero-order valence-corrected chi connectivity index (χ0v) is 9.71. The van der Waals surface area contributed by atoms with Gasteiger partial charge in [-0.15, -0.1) is 0 Å². The van der Waals surface area contributed by atoms with Crippen molar-refractivity contribution in [1.29, 1.82) is 0 Å². The number of nitrogens with one attached hydrogen (secondary N) is 1. The Morgan fingerprint density at radius 3 is 2.76 bits per heavy atom. The Balaban J connectivity index is 1.86. The summed E-state index contributed by atoms with van der Waals surface area (Å²) in [4.78, 5) is 3.97. The van der Waals surface area contributed by atoms with Gasteiger partial charge >= 0.3 is 0 Å². The van der Waals surface area contributed by atoms with Gasteiger partial charge in [0.05, 0.1) is 6.26 Å². The largest absolute Gasteiger partial charge is 0.467 e. The first kappa shape index (κ1) is 11.8. The zero-order chi connectivity index (χ0) is 12.1. The van der Waals surface area contributed by atoms with Gasteiger partial charge in [-0.1, -0.05) is 0 Å². The normalized spacial score (nSPS) is 14.5. The van der Waals surface area contributed by atoms with E-state index in [0.717, 1.165) is 5.56 Å². The van der Waals surface area contributed by atoms with E-state index in [0.29, 0.717) is 12.3 Å². The van der Waals surface area contributed by atoms with E-state index in [-0.39, 0.29) is 6.04 Å². The fraction of sp³-hybridized carbons (Fsp3) is 0.308. The van der Waals surface area contributed by atoms with E-state index < -0.39 is 6.10 Å². The first-order chi connectivity index (χ1) is 8.27. The topological polar surface area (TPSA) is 58.3 Å². The van der Waals surface area contributed by atoms with E-state index in [1.54, 1.807) is 30.8 Å². The molecule has 4 heteroatoms. The molecule has 0 aromatic carbocycles. The molecular weight excluding hydrogens is 216 g/mol. The quantitative estimate of drug-likeness (QED) is 0.828. The molecule has 0 radical (unpaired) electrons. The van der Waals surface area contributed by atoms with Gasteiger partial charge in [0.25, 0.3) is 0 Å². The van der Waals surface area contributed by atoms with E-state index in [9.17, 15) is 5.11 Å². The van der Waals surface area contributed by atoms with Gasteiger partial charge in [-0.25, -0.2) is 0 Å². The average Bonchev–Trinajstić information content (AvgIpc) is 2.90. The van der Waals surface area contributed by atoms with Crippen molar-refractivity contribution in [2.45, 2.75) is 19.1 Å². The number of aromatic nitrogens is 1. The summed E-state index contributed by atoms with van der Waals surface area (Å²) in [5, 5.41) is 13.1. The molecule has 0 aliphatic heterocycles. The lowest BCUT2D eigenvalue weighted by Gasteiger charge is -2.16. The number of hydrogen-bond acceptors (Lipinski definition) is 4. The van der Waals surface area contributed by atoms with Gasteiger partial charge in [0.15, 0.2) is 0 Å². The van der Waals surface area contributed by atoms with Crippen LogP contribution in [0.3, 0.4) is 0 Å². The highest BCUT2D eigenvalue weighted by molar-refractivity contribution is 5.14. The predicted octanol–water partition coefficient (Wildman–Crippen LogP) is 2.06. The van der Waals surface area contributed by atoms with E-state index in [2.05, 4.69) is 10.3 Å². The fourth-order valence-corrected chi connectivity index (χ4v) is 1.64. The first-order valence-corrected chi connectivity index (χ1v) is 5.62. The summed E-state index contributed by atoms with van der Waals surface area (Å²) >= 11 is 0. The number of pyridine rings is 1. The Morgan fingerprint density at radius 1 is 1.35 bits per heavy atom. The van der Waals surface area contributed by atoms with Gasteiger partial charge in [0.1, 0.15) is 11.9 Å². The van der Waals surface area contributed by atoms with Crippen LogP contribution in [0, 0.1) is 0 Å². The zero-order valence-electron chi connectivity index (χ0n) is 9.71. The van der Waals surface area contributed by atoms with Gasteiger partial charge in [0, 0.05) is 25.0 Å². The van der Waals surface area contributed by atoms with Crippen LogP contribution < -0.4 is 5.32 Å². The van der Waals surface area contributed by atoms with Gasteiger partial charge in [-0.3, -0.25) is 4.98 Å². The maximum absolute atomic E-state index is 9.84. The summed E-state index contributed by atoms with van der Waals surface area (Å²) in [5.41, 5.74) is 1.15. The number of furan rings is 1. The van der Waals surface area contributed by atoms with Crippen molar-refractivity contribution in [1.82, 2.24) is 10.3 Å². The van der Waals surface area contributed by atoms with Crippen LogP contribution in [0.5, 0.6) is 0 Å². The van der Waals surface area contributed by atoms with Gasteiger partial charge in [-0.2, -0.15) is 0 Å². The standard InChI is InChI=1S/C13H16N2O2/c1-10(11-4-6-14-7-5-11)15-9-12(16)13-3-2-8-17-13/h2-8,10,12,15-16H,9H2,1H3/t10-,12?/m0/s1. The minimum atomic E-state index is -0.616.